The molecule has 1 amide bonds. The number of rotatable bonds is 2. The second-order valence-electron chi connectivity index (χ2n) is 9.39. The van der Waals surface area contributed by atoms with Gasteiger partial charge in [-0.05, 0) is 55.5 Å². The lowest BCUT2D eigenvalue weighted by Crippen LogP contribution is -2.68. The molecule has 0 aliphatic heterocycles. The van der Waals surface area contributed by atoms with E-state index < -0.39 is 58.3 Å². The van der Waals surface area contributed by atoms with Gasteiger partial charge in [0.25, 0.3) is 0 Å². The standard InChI is InChI=1S/C25H22N2O7/c1-10-3-2-4-15(27-10)13-5-6-16(28)19-14(13)8-11-7-12-9-17(29)20(24(26)33)23(32)25(12,34)22(31)18(11)21(19)30/h2-6,11-12,18,20,28,34H,7-9H2,1H3,(H2,26,33)/t11-,12+,18?,20?,25+/m1/s1. The zero-order chi connectivity index (χ0) is 24.5. The third kappa shape index (κ3) is 2.89. The van der Waals surface area contributed by atoms with E-state index in [1.807, 2.05) is 19.1 Å². The first-order valence-corrected chi connectivity index (χ1v) is 11.0. The first-order valence-electron chi connectivity index (χ1n) is 11.0. The van der Waals surface area contributed by atoms with Crippen molar-refractivity contribution < 1.29 is 34.2 Å². The highest BCUT2D eigenvalue weighted by Gasteiger charge is 2.66. The summed E-state index contributed by atoms with van der Waals surface area (Å²) in [5.74, 6) is -10.2. The molecular formula is C25H22N2O7. The van der Waals surface area contributed by atoms with Crippen molar-refractivity contribution in [2.45, 2.75) is 31.8 Å². The number of hydrogen-bond acceptors (Lipinski definition) is 8. The van der Waals surface area contributed by atoms with Gasteiger partial charge in [-0.3, -0.25) is 29.0 Å². The lowest BCUT2D eigenvalue weighted by atomic mass is 9.53. The average Bonchev–Trinajstić information content (AvgIpc) is 2.76. The Morgan fingerprint density at radius 1 is 1.09 bits per heavy atom. The Hall–Kier alpha value is -3.72. The Morgan fingerprint density at radius 2 is 1.82 bits per heavy atom. The van der Waals surface area contributed by atoms with Crippen LogP contribution in [0.2, 0.25) is 0 Å². The third-order valence-corrected chi connectivity index (χ3v) is 7.45. The molecule has 1 heterocycles. The number of ketones is 4. The lowest BCUT2D eigenvalue weighted by Gasteiger charge is -2.48. The maximum atomic E-state index is 13.6. The molecule has 174 valence electrons. The maximum Gasteiger partial charge on any atom is 0.235 e. The van der Waals surface area contributed by atoms with Crippen molar-refractivity contribution in [1.82, 2.24) is 4.98 Å². The summed E-state index contributed by atoms with van der Waals surface area (Å²) < 4.78 is 0. The number of aromatic nitrogens is 1. The van der Waals surface area contributed by atoms with Crippen LogP contribution in [0.5, 0.6) is 5.75 Å². The predicted octanol–water partition coefficient (Wildman–Crippen LogP) is 0.697. The van der Waals surface area contributed by atoms with E-state index in [9.17, 15) is 34.2 Å². The highest BCUT2D eigenvalue weighted by atomic mass is 16.3. The Morgan fingerprint density at radius 3 is 2.50 bits per heavy atom. The SMILES string of the molecule is Cc1cccc(-c2ccc(O)c3c2C[C@H]2C[C@H]4CC(=O)C(C(N)=O)C(=O)[C@@]4(O)C(=O)C2C3=O)n1. The van der Waals surface area contributed by atoms with E-state index in [2.05, 4.69) is 4.98 Å². The lowest BCUT2D eigenvalue weighted by molar-refractivity contribution is -0.175. The number of amides is 1. The molecule has 3 aliphatic rings. The van der Waals surface area contributed by atoms with E-state index in [0.717, 1.165) is 5.69 Å². The number of phenols is 1. The molecule has 1 aromatic carbocycles. The molecule has 2 aromatic rings. The minimum Gasteiger partial charge on any atom is -0.507 e. The van der Waals surface area contributed by atoms with E-state index in [1.54, 1.807) is 12.1 Å². The molecule has 4 N–H and O–H groups in total. The summed E-state index contributed by atoms with van der Waals surface area (Å²) in [5.41, 5.74) is 5.05. The first-order chi connectivity index (χ1) is 16.1. The quantitative estimate of drug-likeness (QED) is 0.549. The summed E-state index contributed by atoms with van der Waals surface area (Å²) in [4.78, 5) is 68.6. The van der Waals surface area contributed by atoms with Crippen molar-refractivity contribution in [3.63, 3.8) is 0 Å². The number of carbonyl (C=O) groups is 5. The molecule has 2 unspecified atom stereocenters. The fraction of sp³-hybridized carbons (Fsp3) is 0.360. The summed E-state index contributed by atoms with van der Waals surface area (Å²) in [6, 6.07) is 8.45. The number of phenolic OH excluding ortho intramolecular Hbond substituents is 1. The summed E-state index contributed by atoms with van der Waals surface area (Å²) >= 11 is 0. The highest BCUT2D eigenvalue weighted by molar-refractivity contribution is 6.31. The number of fused-ring (bicyclic) bond motifs is 3. The van der Waals surface area contributed by atoms with Crippen LogP contribution in [0, 0.1) is 30.6 Å². The Labute approximate surface area is 194 Å². The van der Waals surface area contributed by atoms with Crippen LogP contribution in [0.25, 0.3) is 11.3 Å². The monoisotopic (exact) mass is 462 g/mol. The number of aliphatic hydroxyl groups is 1. The van der Waals surface area contributed by atoms with Gasteiger partial charge in [-0.2, -0.15) is 0 Å². The van der Waals surface area contributed by atoms with Gasteiger partial charge in [0, 0.05) is 23.6 Å². The molecule has 0 bridgehead atoms. The molecule has 3 aliphatic carbocycles. The van der Waals surface area contributed by atoms with Crippen LogP contribution in [-0.4, -0.2) is 49.8 Å². The van der Waals surface area contributed by atoms with Crippen LogP contribution >= 0.6 is 0 Å². The highest BCUT2D eigenvalue weighted by Crippen LogP contribution is 2.50. The number of aromatic hydroxyl groups is 1. The molecule has 1 aromatic heterocycles. The van der Waals surface area contributed by atoms with Crippen LogP contribution in [0.3, 0.4) is 0 Å². The van der Waals surface area contributed by atoms with E-state index in [4.69, 9.17) is 5.73 Å². The first kappa shape index (κ1) is 22.1. The zero-order valence-electron chi connectivity index (χ0n) is 18.3. The molecule has 0 saturated heterocycles. The van der Waals surface area contributed by atoms with Gasteiger partial charge >= 0.3 is 0 Å². The van der Waals surface area contributed by atoms with Gasteiger partial charge in [-0.25, -0.2) is 0 Å². The normalized spacial score (nSPS) is 30.4. The van der Waals surface area contributed by atoms with Crippen LogP contribution in [0.4, 0.5) is 0 Å². The molecular weight excluding hydrogens is 440 g/mol. The van der Waals surface area contributed by atoms with Gasteiger partial charge in [-0.15, -0.1) is 0 Å². The van der Waals surface area contributed by atoms with Gasteiger partial charge < -0.3 is 15.9 Å². The zero-order valence-corrected chi connectivity index (χ0v) is 18.3. The predicted molar refractivity (Wildman–Crippen MR) is 116 cm³/mol. The Bertz CT molecular complexity index is 1320. The van der Waals surface area contributed by atoms with E-state index in [0.29, 0.717) is 16.8 Å². The number of primary amides is 1. The third-order valence-electron chi connectivity index (χ3n) is 7.45. The number of benzene rings is 1. The number of aryl methyl sites for hydroxylation is 1. The second kappa shape index (κ2) is 7.39. The summed E-state index contributed by atoms with van der Waals surface area (Å²) in [5, 5.41) is 21.8. The van der Waals surface area contributed by atoms with Crippen LogP contribution < -0.4 is 5.73 Å². The summed E-state index contributed by atoms with van der Waals surface area (Å²) in [6.45, 7) is 1.83. The van der Waals surface area contributed by atoms with E-state index >= 15 is 0 Å². The second-order valence-corrected chi connectivity index (χ2v) is 9.39. The number of nitrogens with zero attached hydrogens (tertiary/aromatic N) is 1. The molecule has 5 atom stereocenters. The molecule has 2 fully saturated rings. The van der Waals surface area contributed by atoms with Gasteiger partial charge in [0.1, 0.15) is 5.75 Å². The fourth-order valence-electron chi connectivity index (χ4n) is 5.90. The van der Waals surface area contributed by atoms with Crippen molar-refractivity contribution in [3.05, 3.63) is 47.2 Å². The van der Waals surface area contributed by atoms with Crippen LogP contribution in [-0.2, 0) is 25.6 Å². The van der Waals surface area contributed by atoms with Gasteiger partial charge in [-0.1, -0.05) is 6.07 Å². The average molecular weight is 462 g/mol. The minimum absolute atomic E-state index is 0.0387. The molecule has 0 radical (unpaired) electrons. The number of pyridine rings is 1. The van der Waals surface area contributed by atoms with Gasteiger partial charge in [0.05, 0.1) is 17.2 Å². The topological polar surface area (TPSA) is 165 Å². The smallest absolute Gasteiger partial charge is 0.235 e. The molecule has 5 rings (SSSR count). The Kier molecular flexibility index (Phi) is 4.80. The maximum absolute atomic E-state index is 13.6. The summed E-state index contributed by atoms with van der Waals surface area (Å²) in [6.07, 6.45) is -0.0966. The fourth-order valence-corrected chi connectivity index (χ4v) is 5.90. The molecule has 34 heavy (non-hydrogen) atoms. The molecule has 9 heteroatoms. The Balaban J connectivity index is 1.62. The van der Waals surface area contributed by atoms with Gasteiger partial charge in [0.2, 0.25) is 5.91 Å². The molecule has 2 saturated carbocycles. The van der Waals surface area contributed by atoms with E-state index in [1.165, 1.54) is 6.07 Å². The summed E-state index contributed by atoms with van der Waals surface area (Å²) in [7, 11) is 0. The van der Waals surface area contributed by atoms with Crippen molar-refractivity contribution in [2.75, 3.05) is 0 Å². The van der Waals surface area contributed by atoms with Crippen LogP contribution in [0.1, 0.15) is 34.5 Å². The van der Waals surface area contributed by atoms with Crippen molar-refractivity contribution in [3.8, 4) is 17.0 Å². The number of hydrogen-bond donors (Lipinski definition) is 3. The number of nitrogens with two attached hydrogens (primary N) is 1. The number of carbonyl (C=O) groups excluding carboxylic acids is 5. The molecule has 9 nitrogen and oxygen atoms in total. The molecule has 0 spiro atoms. The van der Waals surface area contributed by atoms with Crippen molar-refractivity contribution >= 4 is 29.0 Å². The van der Waals surface area contributed by atoms with Gasteiger partial charge in [0.15, 0.2) is 34.7 Å². The van der Waals surface area contributed by atoms with Crippen LogP contribution in [0.15, 0.2) is 30.3 Å². The number of Topliss-reactive ketones (excluding diaryl/α,β-unsaturated/α-hetero) is 4. The largest absolute Gasteiger partial charge is 0.507 e. The minimum atomic E-state index is -2.65. The van der Waals surface area contributed by atoms with Crippen molar-refractivity contribution in [1.29, 1.82) is 0 Å². The van der Waals surface area contributed by atoms with Crippen molar-refractivity contribution in [2.24, 2.45) is 29.4 Å². The van der Waals surface area contributed by atoms with E-state index in [-0.39, 0.29) is 30.6 Å².